The zero-order chi connectivity index (χ0) is 14.5. The summed E-state index contributed by atoms with van der Waals surface area (Å²) in [5, 5.41) is 4.52. The molecule has 0 heterocycles. The number of aryl methyl sites for hydroxylation is 2. The molecular formula is C16H15ClN2O. The molecule has 0 aliphatic heterocycles. The summed E-state index contributed by atoms with van der Waals surface area (Å²) in [7, 11) is 0. The standard InChI is InChI=1S/C16H15ClN2O/c1-11-7-8-13(9-12(11)2)16(20)19-18-10-14-5-3-4-6-15(14)17/h3-10H,1-2H3,(H,19,20)/b18-10+. The predicted octanol–water partition coefficient (Wildman–Crippen LogP) is 3.72. The van der Waals surface area contributed by atoms with Crippen LogP contribution >= 0.6 is 11.6 Å². The van der Waals surface area contributed by atoms with Crippen LogP contribution < -0.4 is 5.43 Å². The SMILES string of the molecule is Cc1ccc(C(=O)N/N=C/c2ccccc2Cl)cc1C. The molecule has 0 aliphatic rings. The van der Waals surface area contributed by atoms with Gasteiger partial charge in [-0.2, -0.15) is 5.10 Å². The van der Waals surface area contributed by atoms with Gasteiger partial charge in [-0.25, -0.2) is 5.43 Å². The molecule has 0 bridgehead atoms. The van der Waals surface area contributed by atoms with Gasteiger partial charge in [0.05, 0.1) is 6.21 Å². The number of carbonyl (C=O) groups is 1. The molecule has 1 N–H and O–H groups in total. The lowest BCUT2D eigenvalue weighted by Gasteiger charge is -2.03. The van der Waals surface area contributed by atoms with E-state index in [1.807, 2.05) is 44.2 Å². The molecule has 2 aromatic rings. The van der Waals surface area contributed by atoms with Crippen LogP contribution in [-0.2, 0) is 0 Å². The van der Waals surface area contributed by atoms with E-state index in [1.54, 1.807) is 12.1 Å². The molecule has 0 saturated heterocycles. The maximum atomic E-state index is 11.9. The number of benzene rings is 2. The molecule has 0 saturated carbocycles. The molecule has 0 radical (unpaired) electrons. The summed E-state index contributed by atoms with van der Waals surface area (Å²) in [6.07, 6.45) is 1.53. The van der Waals surface area contributed by atoms with Gasteiger partial charge < -0.3 is 0 Å². The predicted molar refractivity (Wildman–Crippen MR) is 82.4 cm³/mol. The monoisotopic (exact) mass is 286 g/mol. The fourth-order valence-electron chi connectivity index (χ4n) is 1.69. The van der Waals surface area contributed by atoms with E-state index in [0.29, 0.717) is 10.6 Å². The van der Waals surface area contributed by atoms with E-state index in [1.165, 1.54) is 6.21 Å². The smallest absolute Gasteiger partial charge is 0.267 e. The van der Waals surface area contributed by atoms with Crippen molar-refractivity contribution < 1.29 is 4.79 Å². The van der Waals surface area contributed by atoms with Crippen molar-refractivity contribution in [3.8, 4) is 0 Å². The Morgan fingerprint density at radius 1 is 1.15 bits per heavy atom. The fraction of sp³-hybridized carbons (Fsp3) is 0.125. The largest absolute Gasteiger partial charge is 0.271 e. The van der Waals surface area contributed by atoms with Gasteiger partial charge in [0.15, 0.2) is 0 Å². The summed E-state index contributed by atoms with van der Waals surface area (Å²) in [5.41, 5.74) is 6.07. The molecule has 4 heteroatoms. The van der Waals surface area contributed by atoms with Crippen molar-refractivity contribution in [1.29, 1.82) is 0 Å². The van der Waals surface area contributed by atoms with Crippen molar-refractivity contribution in [1.82, 2.24) is 5.43 Å². The van der Waals surface area contributed by atoms with Gasteiger partial charge >= 0.3 is 0 Å². The summed E-state index contributed by atoms with van der Waals surface area (Å²) < 4.78 is 0. The number of hydrogen-bond acceptors (Lipinski definition) is 2. The lowest BCUT2D eigenvalue weighted by molar-refractivity contribution is 0.0955. The number of hydrogen-bond donors (Lipinski definition) is 1. The average Bonchev–Trinajstić information content (AvgIpc) is 2.44. The molecule has 0 aliphatic carbocycles. The van der Waals surface area contributed by atoms with E-state index < -0.39 is 0 Å². The minimum Gasteiger partial charge on any atom is -0.267 e. The second-order valence-electron chi connectivity index (χ2n) is 4.52. The van der Waals surface area contributed by atoms with Gasteiger partial charge in [0, 0.05) is 16.1 Å². The maximum absolute atomic E-state index is 11.9. The van der Waals surface area contributed by atoms with Gasteiger partial charge in [-0.05, 0) is 43.2 Å². The zero-order valence-electron chi connectivity index (χ0n) is 11.4. The number of carbonyl (C=O) groups excluding carboxylic acids is 1. The van der Waals surface area contributed by atoms with Gasteiger partial charge in [0.25, 0.3) is 5.91 Å². The molecular weight excluding hydrogens is 272 g/mol. The van der Waals surface area contributed by atoms with Crippen LogP contribution in [-0.4, -0.2) is 12.1 Å². The highest BCUT2D eigenvalue weighted by molar-refractivity contribution is 6.33. The van der Waals surface area contributed by atoms with E-state index >= 15 is 0 Å². The number of hydrazone groups is 1. The Bertz CT molecular complexity index is 665. The van der Waals surface area contributed by atoms with Crippen LogP contribution in [0, 0.1) is 13.8 Å². The number of amides is 1. The Balaban J connectivity index is 2.05. The van der Waals surface area contributed by atoms with Gasteiger partial charge in [-0.1, -0.05) is 35.9 Å². The lowest BCUT2D eigenvalue weighted by atomic mass is 10.1. The third-order valence-electron chi connectivity index (χ3n) is 3.04. The number of nitrogens with zero attached hydrogens (tertiary/aromatic N) is 1. The highest BCUT2D eigenvalue weighted by Crippen LogP contribution is 2.12. The summed E-state index contributed by atoms with van der Waals surface area (Å²) in [4.78, 5) is 11.9. The van der Waals surface area contributed by atoms with Crippen LogP contribution in [0.2, 0.25) is 5.02 Å². The van der Waals surface area contributed by atoms with Crippen LogP contribution in [0.15, 0.2) is 47.6 Å². The minimum atomic E-state index is -0.239. The third kappa shape index (κ3) is 3.45. The first-order valence-corrected chi connectivity index (χ1v) is 6.61. The molecule has 2 rings (SSSR count). The molecule has 0 atom stereocenters. The fourth-order valence-corrected chi connectivity index (χ4v) is 1.87. The third-order valence-corrected chi connectivity index (χ3v) is 3.39. The van der Waals surface area contributed by atoms with Crippen LogP contribution in [0.3, 0.4) is 0 Å². The summed E-state index contributed by atoms with van der Waals surface area (Å²) in [6.45, 7) is 3.98. The Hall–Kier alpha value is -2.13. The first-order valence-electron chi connectivity index (χ1n) is 6.23. The number of rotatable bonds is 3. The Morgan fingerprint density at radius 3 is 2.60 bits per heavy atom. The Morgan fingerprint density at radius 2 is 1.90 bits per heavy atom. The highest BCUT2D eigenvalue weighted by Gasteiger charge is 2.05. The summed E-state index contributed by atoms with van der Waals surface area (Å²) in [5.74, 6) is -0.239. The average molecular weight is 287 g/mol. The maximum Gasteiger partial charge on any atom is 0.271 e. The number of halogens is 1. The summed E-state index contributed by atoms with van der Waals surface area (Å²) in [6, 6.07) is 12.8. The number of nitrogens with one attached hydrogen (secondary N) is 1. The van der Waals surface area contributed by atoms with Crippen molar-refractivity contribution in [2.75, 3.05) is 0 Å². The van der Waals surface area contributed by atoms with Crippen LogP contribution in [0.4, 0.5) is 0 Å². The Labute approximate surface area is 123 Å². The van der Waals surface area contributed by atoms with E-state index in [4.69, 9.17) is 11.6 Å². The van der Waals surface area contributed by atoms with E-state index in [9.17, 15) is 4.79 Å². The second kappa shape index (κ2) is 6.35. The molecule has 1 amide bonds. The second-order valence-corrected chi connectivity index (χ2v) is 4.93. The molecule has 20 heavy (non-hydrogen) atoms. The van der Waals surface area contributed by atoms with Crippen LogP contribution in [0.5, 0.6) is 0 Å². The van der Waals surface area contributed by atoms with E-state index in [0.717, 1.165) is 16.7 Å². The van der Waals surface area contributed by atoms with Crippen LogP contribution in [0.1, 0.15) is 27.0 Å². The van der Waals surface area contributed by atoms with Crippen molar-refractivity contribution in [2.24, 2.45) is 5.10 Å². The molecule has 2 aromatic carbocycles. The van der Waals surface area contributed by atoms with Crippen molar-refractivity contribution in [3.63, 3.8) is 0 Å². The molecule has 0 aromatic heterocycles. The zero-order valence-corrected chi connectivity index (χ0v) is 12.1. The molecule has 3 nitrogen and oxygen atoms in total. The summed E-state index contributed by atoms with van der Waals surface area (Å²) >= 11 is 5.99. The highest BCUT2D eigenvalue weighted by atomic mass is 35.5. The quantitative estimate of drug-likeness (QED) is 0.678. The van der Waals surface area contributed by atoms with Crippen molar-refractivity contribution in [2.45, 2.75) is 13.8 Å². The van der Waals surface area contributed by atoms with Crippen molar-refractivity contribution in [3.05, 3.63) is 69.7 Å². The van der Waals surface area contributed by atoms with Gasteiger partial charge in [0.1, 0.15) is 0 Å². The Kier molecular flexibility index (Phi) is 4.53. The topological polar surface area (TPSA) is 41.5 Å². The van der Waals surface area contributed by atoms with E-state index in [2.05, 4.69) is 10.5 Å². The molecule has 0 spiro atoms. The van der Waals surface area contributed by atoms with E-state index in [-0.39, 0.29) is 5.91 Å². The van der Waals surface area contributed by atoms with Gasteiger partial charge in [-0.15, -0.1) is 0 Å². The normalized spacial score (nSPS) is 10.8. The molecule has 0 unspecified atom stereocenters. The van der Waals surface area contributed by atoms with Crippen LogP contribution in [0.25, 0.3) is 0 Å². The lowest BCUT2D eigenvalue weighted by Crippen LogP contribution is -2.17. The first kappa shape index (κ1) is 14.3. The first-order chi connectivity index (χ1) is 9.58. The molecule has 0 fully saturated rings. The van der Waals surface area contributed by atoms with Gasteiger partial charge in [-0.3, -0.25) is 4.79 Å². The minimum absolute atomic E-state index is 0.239. The van der Waals surface area contributed by atoms with Gasteiger partial charge in [0.2, 0.25) is 0 Å². The van der Waals surface area contributed by atoms with Crippen molar-refractivity contribution >= 4 is 23.7 Å². The molecule has 102 valence electrons.